The van der Waals surface area contributed by atoms with Gasteiger partial charge in [0.2, 0.25) is 0 Å². The Kier molecular flexibility index (Phi) is 2.84. The second-order valence-corrected chi connectivity index (χ2v) is 4.17. The summed E-state index contributed by atoms with van der Waals surface area (Å²) in [5, 5.41) is 9.82. The zero-order chi connectivity index (χ0) is 11.7. The van der Waals surface area contributed by atoms with Crippen LogP contribution in [0.5, 0.6) is 0 Å². The van der Waals surface area contributed by atoms with Crippen molar-refractivity contribution >= 4 is 0 Å². The highest BCUT2D eigenvalue weighted by atomic mass is 16.7. The normalized spacial score (nSPS) is 36.1. The molecular formula is C13H14O4. The van der Waals surface area contributed by atoms with Crippen molar-refractivity contribution in [1.82, 2.24) is 0 Å². The molecule has 4 heteroatoms. The fraction of sp³-hybridized carbons (Fsp3) is 0.385. The van der Waals surface area contributed by atoms with E-state index in [2.05, 4.69) is 0 Å². The van der Waals surface area contributed by atoms with E-state index in [1.807, 2.05) is 30.3 Å². The van der Waals surface area contributed by atoms with Crippen molar-refractivity contribution in [1.29, 1.82) is 0 Å². The van der Waals surface area contributed by atoms with Crippen LogP contribution < -0.4 is 0 Å². The van der Waals surface area contributed by atoms with Crippen LogP contribution in [0.25, 0.3) is 0 Å². The van der Waals surface area contributed by atoms with E-state index in [0.29, 0.717) is 6.61 Å². The fourth-order valence-electron chi connectivity index (χ4n) is 2.09. The third kappa shape index (κ3) is 2.07. The van der Waals surface area contributed by atoms with Gasteiger partial charge in [-0.1, -0.05) is 30.3 Å². The molecule has 1 N–H and O–H groups in total. The summed E-state index contributed by atoms with van der Waals surface area (Å²) >= 11 is 0. The first-order valence-electron chi connectivity index (χ1n) is 5.67. The van der Waals surface area contributed by atoms with Gasteiger partial charge in [-0.25, -0.2) is 0 Å². The Hall–Kier alpha value is -1.36. The highest BCUT2D eigenvalue weighted by Gasteiger charge is 2.39. The van der Waals surface area contributed by atoms with Gasteiger partial charge in [-0.15, -0.1) is 0 Å². The number of aliphatic hydroxyl groups excluding tert-OH is 1. The van der Waals surface area contributed by atoms with Crippen LogP contribution in [0.4, 0.5) is 0 Å². The third-order valence-corrected chi connectivity index (χ3v) is 3.00. The van der Waals surface area contributed by atoms with Gasteiger partial charge >= 0.3 is 0 Å². The van der Waals surface area contributed by atoms with Crippen molar-refractivity contribution in [3.8, 4) is 0 Å². The molecule has 0 amide bonds. The summed E-state index contributed by atoms with van der Waals surface area (Å²) in [5.41, 5.74) is 0.952. The number of hydrogen-bond acceptors (Lipinski definition) is 4. The predicted octanol–water partition coefficient (Wildman–Crippen LogP) is 1.37. The number of ether oxygens (including phenoxy) is 3. The molecule has 90 valence electrons. The lowest BCUT2D eigenvalue weighted by Crippen LogP contribution is -2.49. The van der Waals surface area contributed by atoms with E-state index in [1.165, 1.54) is 6.26 Å². The minimum absolute atomic E-state index is 0.227. The molecule has 17 heavy (non-hydrogen) atoms. The van der Waals surface area contributed by atoms with E-state index in [4.69, 9.17) is 14.2 Å². The summed E-state index contributed by atoms with van der Waals surface area (Å²) in [5.74, 6) is 0. The van der Waals surface area contributed by atoms with E-state index in [9.17, 15) is 5.11 Å². The van der Waals surface area contributed by atoms with Gasteiger partial charge in [-0.2, -0.15) is 0 Å². The Labute approximate surface area is 99.4 Å². The van der Waals surface area contributed by atoms with Crippen LogP contribution >= 0.6 is 0 Å². The molecule has 1 unspecified atom stereocenters. The number of hydrogen-bond donors (Lipinski definition) is 1. The van der Waals surface area contributed by atoms with E-state index in [1.54, 1.807) is 6.08 Å². The molecule has 1 fully saturated rings. The summed E-state index contributed by atoms with van der Waals surface area (Å²) in [6, 6.07) is 9.69. The molecule has 4 atom stereocenters. The Balaban J connectivity index is 1.77. The average molecular weight is 234 g/mol. The molecule has 1 saturated heterocycles. The standard InChI is InChI=1S/C13H14O4/c14-10-6-7-15-11-8-16-13(17-12(10)11)9-4-2-1-3-5-9/h1-7,10-14H,8H2/t10-,11-,12?,13-/m1/s1. The van der Waals surface area contributed by atoms with Gasteiger partial charge in [0.05, 0.1) is 12.9 Å². The smallest absolute Gasteiger partial charge is 0.184 e. The maximum atomic E-state index is 9.82. The molecule has 2 aliphatic heterocycles. The van der Waals surface area contributed by atoms with Crippen LogP contribution in [0.3, 0.4) is 0 Å². The predicted molar refractivity (Wildman–Crippen MR) is 60.0 cm³/mol. The zero-order valence-corrected chi connectivity index (χ0v) is 9.23. The summed E-state index contributed by atoms with van der Waals surface area (Å²) in [6.07, 6.45) is 1.44. The van der Waals surface area contributed by atoms with E-state index < -0.39 is 12.4 Å². The molecule has 0 bridgehead atoms. The first-order chi connectivity index (χ1) is 8.34. The minimum atomic E-state index is -0.635. The van der Waals surface area contributed by atoms with E-state index in [0.717, 1.165) is 5.56 Å². The summed E-state index contributed by atoms with van der Waals surface area (Å²) in [7, 11) is 0. The molecule has 2 aliphatic rings. The topological polar surface area (TPSA) is 47.9 Å². The molecule has 0 aromatic heterocycles. The SMILES string of the molecule is O[C@@H]1C=CO[C@@H]2CO[C@@H](c3ccccc3)OC12. The average Bonchev–Trinajstić information content (AvgIpc) is 2.40. The van der Waals surface area contributed by atoms with Crippen molar-refractivity contribution in [2.24, 2.45) is 0 Å². The highest BCUT2D eigenvalue weighted by molar-refractivity contribution is 5.16. The van der Waals surface area contributed by atoms with Crippen LogP contribution in [0, 0.1) is 0 Å². The van der Waals surface area contributed by atoms with Crippen LogP contribution in [0.1, 0.15) is 11.9 Å². The van der Waals surface area contributed by atoms with Gasteiger partial charge < -0.3 is 19.3 Å². The van der Waals surface area contributed by atoms with Crippen molar-refractivity contribution < 1.29 is 19.3 Å². The molecule has 0 aliphatic carbocycles. The van der Waals surface area contributed by atoms with Crippen LogP contribution in [-0.2, 0) is 14.2 Å². The Morgan fingerprint density at radius 1 is 1.18 bits per heavy atom. The second kappa shape index (κ2) is 4.49. The second-order valence-electron chi connectivity index (χ2n) is 4.17. The summed E-state index contributed by atoms with van der Waals surface area (Å²) in [4.78, 5) is 0. The molecular weight excluding hydrogens is 220 g/mol. The number of benzene rings is 1. The first-order valence-corrected chi connectivity index (χ1v) is 5.67. The van der Waals surface area contributed by atoms with Crippen LogP contribution in [0.2, 0.25) is 0 Å². The minimum Gasteiger partial charge on any atom is -0.493 e. The van der Waals surface area contributed by atoms with Crippen LogP contribution in [-0.4, -0.2) is 30.0 Å². The fourth-order valence-corrected chi connectivity index (χ4v) is 2.09. The van der Waals surface area contributed by atoms with Gasteiger partial charge in [0.1, 0.15) is 12.2 Å². The van der Waals surface area contributed by atoms with E-state index >= 15 is 0 Å². The van der Waals surface area contributed by atoms with Gasteiger partial charge in [0, 0.05) is 5.56 Å². The molecule has 0 saturated carbocycles. The summed E-state index contributed by atoms with van der Waals surface area (Å²) in [6.45, 7) is 0.422. The van der Waals surface area contributed by atoms with Crippen molar-refractivity contribution in [2.75, 3.05) is 6.61 Å². The van der Waals surface area contributed by atoms with Crippen LogP contribution in [0.15, 0.2) is 42.7 Å². The molecule has 4 nitrogen and oxygen atoms in total. The van der Waals surface area contributed by atoms with E-state index in [-0.39, 0.29) is 12.2 Å². The molecule has 0 radical (unpaired) electrons. The quantitative estimate of drug-likeness (QED) is 0.797. The number of rotatable bonds is 1. The van der Waals surface area contributed by atoms with Gasteiger partial charge in [-0.05, 0) is 6.08 Å². The molecule has 0 spiro atoms. The number of aliphatic hydroxyl groups is 1. The Bertz CT molecular complexity index is 403. The maximum Gasteiger partial charge on any atom is 0.184 e. The van der Waals surface area contributed by atoms with Crippen molar-refractivity contribution in [3.63, 3.8) is 0 Å². The third-order valence-electron chi connectivity index (χ3n) is 3.00. The maximum absolute atomic E-state index is 9.82. The summed E-state index contributed by atoms with van der Waals surface area (Å²) < 4.78 is 16.7. The Morgan fingerprint density at radius 3 is 2.82 bits per heavy atom. The monoisotopic (exact) mass is 234 g/mol. The lowest BCUT2D eigenvalue weighted by molar-refractivity contribution is -0.276. The lowest BCUT2D eigenvalue weighted by atomic mass is 10.0. The first kappa shape index (κ1) is 10.8. The Morgan fingerprint density at radius 2 is 2.00 bits per heavy atom. The molecule has 1 aromatic carbocycles. The number of fused-ring (bicyclic) bond motifs is 1. The van der Waals surface area contributed by atoms with Gasteiger partial charge in [0.15, 0.2) is 12.4 Å². The molecule has 2 heterocycles. The highest BCUT2D eigenvalue weighted by Crippen LogP contribution is 2.30. The van der Waals surface area contributed by atoms with Crippen molar-refractivity contribution in [2.45, 2.75) is 24.6 Å². The largest absolute Gasteiger partial charge is 0.493 e. The molecule has 1 aromatic rings. The zero-order valence-electron chi connectivity index (χ0n) is 9.23. The lowest BCUT2D eigenvalue weighted by Gasteiger charge is -2.39. The van der Waals surface area contributed by atoms with Crippen molar-refractivity contribution in [3.05, 3.63) is 48.2 Å². The van der Waals surface area contributed by atoms with Gasteiger partial charge in [0.25, 0.3) is 0 Å². The van der Waals surface area contributed by atoms with Gasteiger partial charge in [-0.3, -0.25) is 0 Å². The molecule has 3 rings (SSSR count).